The summed E-state index contributed by atoms with van der Waals surface area (Å²) in [7, 11) is 0. The Morgan fingerprint density at radius 1 is 1.45 bits per heavy atom. The number of halogens is 1. The highest BCUT2D eigenvalue weighted by Gasteiger charge is 2.12. The summed E-state index contributed by atoms with van der Waals surface area (Å²) in [5.41, 5.74) is 9.48. The molecule has 1 amide bonds. The van der Waals surface area contributed by atoms with E-state index < -0.39 is 6.04 Å². The molecule has 0 aliphatic heterocycles. The van der Waals surface area contributed by atoms with E-state index in [1.165, 1.54) is 22.0 Å². The predicted molar refractivity (Wildman–Crippen MR) is 98.0 cm³/mol. The first-order chi connectivity index (χ1) is 10.1. The normalized spacial score (nSPS) is 12.0. The van der Waals surface area contributed by atoms with Gasteiger partial charge in [-0.1, -0.05) is 18.2 Å². The van der Waals surface area contributed by atoms with Crippen LogP contribution in [0.2, 0.25) is 0 Å². The number of fused-ring (bicyclic) bond motifs is 1. The molecule has 0 radical (unpaired) electrons. The van der Waals surface area contributed by atoms with Crippen molar-refractivity contribution in [3.63, 3.8) is 0 Å². The summed E-state index contributed by atoms with van der Waals surface area (Å²) < 4.78 is 0. The third kappa shape index (κ3) is 4.66. The predicted octanol–water partition coefficient (Wildman–Crippen LogP) is 2.64. The number of aryl methyl sites for hydroxylation is 1. The molecule has 122 valence electrons. The largest absolute Gasteiger partial charge is 0.361 e. The van der Waals surface area contributed by atoms with Crippen LogP contribution >= 0.6 is 24.2 Å². The van der Waals surface area contributed by atoms with E-state index in [4.69, 9.17) is 5.73 Å². The average molecular weight is 342 g/mol. The molecular formula is C16H24ClN3OS. The molecule has 4 N–H and O–H groups in total. The zero-order valence-corrected chi connectivity index (χ0v) is 14.7. The van der Waals surface area contributed by atoms with E-state index in [1.54, 1.807) is 11.8 Å². The molecule has 6 heteroatoms. The molecule has 1 heterocycles. The highest BCUT2D eigenvalue weighted by atomic mass is 35.5. The topological polar surface area (TPSA) is 70.9 Å². The molecule has 1 atom stereocenters. The number of nitrogens with one attached hydrogen (secondary N) is 2. The summed E-state index contributed by atoms with van der Waals surface area (Å²) in [6.45, 7) is 2.71. The van der Waals surface area contributed by atoms with Gasteiger partial charge in [-0.15, -0.1) is 12.4 Å². The zero-order chi connectivity index (χ0) is 15.2. The van der Waals surface area contributed by atoms with E-state index in [0.717, 1.165) is 18.6 Å². The number of aromatic nitrogens is 1. The lowest BCUT2D eigenvalue weighted by Crippen LogP contribution is -2.41. The number of rotatable bonds is 7. The number of H-pyrrole nitrogens is 1. The minimum atomic E-state index is -0.400. The summed E-state index contributed by atoms with van der Waals surface area (Å²) in [5.74, 6) is 0.858. The van der Waals surface area contributed by atoms with Crippen LogP contribution in [0.3, 0.4) is 0 Å². The van der Waals surface area contributed by atoms with Gasteiger partial charge in [-0.05, 0) is 42.9 Å². The van der Waals surface area contributed by atoms with Crippen LogP contribution in [-0.2, 0) is 11.2 Å². The number of carbonyl (C=O) groups is 1. The first-order valence-electron chi connectivity index (χ1n) is 7.21. The SMILES string of the molecule is CSCC[C@H](N)C(=O)NCCc1c[nH]c2c(C)cccc12.Cl. The van der Waals surface area contributed by atoms with Crippen LogP contribution in [0.15, 0.2) is 24.4 Å². The molecule has 2 rings (SSSR count). The molecule has 0 unspecified atom stereocenters. The summed E-state index contributed by atoms with van der Waals surface area (Å²) >= 11 is 1.71. The number of benzene rings is 1. The van der Waals surface area contributed by atoms with Crippen molar-refractivity contribution in [2.75, 3.05) is 18.6 Å². The third-order valence-corrected chi connectivity index (χ3v) is 4.32. The van der Waals surface area contributed by atoms with Crippen LogP contribution in [0.4, 0.5) is 0 Å². The first kappa shape index (κ1) is 18.9. The maximum Gasteiger partial charge on any atom is 0.236 e. The van der Waals surface area contributed by atoms with E-state index in [9.17, 15) is 4.79 Å². The van der Waals surface area contributed by atoms with Crippen LogP contribution < -0.4 is 11.1 Å². The van der Waals surface area contributed by atoms with Gasteiger partial charge < -0.3 is 16.0 Å². The van der Waals surface area contributed by atoms with Crippen molar-refractivity contribution in [2.24, 2.45) is 5.73 Å². The van der Waals surface area contributed by atoms with Crippen LogP contribution in [0, 0.1) is 6.92 Å². The standard InChI is InChI=1S/C16H23N3OS.ClH/c1-11-4-3-5-13-12(10-19-15(11)13)6-8-18-16(20)14(17)7-9-21-2;/h3-5,10,14,19H,6-9,17H2,1-2H3,(H,18,20);1H/t14-;/m0./s1. The van der Waals surface area contributed by atoms with E-state index in [1.807, 2.05) is 12.5 Å². The molecule has 0 aliphatic rings. The molecule has 2 aromatic rings. The molecule has 0 fully saturated rings. The van der Waals surface area contributed by atoms with Crippen LogP contribution in [0.5, 0.6) is 0 Å². The number of para-hydroxylation sites is 1. The second kappa shape index (κ2) is 9.08. The fraction of sp³-hybridized carbons (Fsp3) is 0.438. The van der Waals surface area contributed by atoms with Gasteiger partial charge in [0.1, 0.15) is 0 Å². The lowest BCUT2D eigenvalue weighted by Gasteiger charge is -2.11. The van der Waals surface area contributed by atoms with Crippen molar-refractivity contribution in [2.45, 2.75) is 25.8 Å². The van der Waals surface area contributed by atoms with Gasteiger partial charge in [0.25, 0.3) is 0 Å². The Hall–Kier alpha value is -1.17. The average Bonchev–Trinajstić information content (AvgIpc) is 2.89. The Kier molecular flexibility index (Phi) is 7.79. The Balaban J connectivity index is 0.00000242. The summed E-state index contributed by atoms with van der Waals surface area (Å²) in [6, 6.07) is 5.86. The second-order valence-corrected chi connectivity index (χ2v) is 6.23. The van der Waals surface area contributed by atoms with Gasteiger partial charge >= 0.3 is 0 Å². The number of hydrogen-bond acceptors (Lipinski definition) is 3. The second-order valence-electron chi connectivity index (χ2n) is 5.24. The summed E-state index contributed by atoms with van der Waals surface area (Å²) in [4.78, 5) is 15.1. The quantitative estimate of drug-likeness (QED) is 0.725. The van der Waals surface area contributed by atoms with Gasteiger partial charge in [0.15, 0.2) is 0 Å². The monoisotopic (exact) mass is 341 g/mol. The maximum absolute atomic E-state index is 11.8. The molecule has 0 aliphatic carbocycles. The Morgan fingerprint density at radius 2 is 2.23 bits per heavy atom. The van der Waals surface area contributed by atoms with Gasteiger partial charge in [0, 0.05) is 23.6 Å². The maximum atomic E-state index is 11.8. The molecule has 0 bridgehead atoms. The van der Waals surface area contributed by atoms with Gasteiger partial charge in [0.05, 0.1) is 6.04 Å². The van der Waals surface area contributed by atoms with Crippen molar-refractivity contribution in [1.82, 2.24) is 10.3 Å². The highest BCUT2D eigenvalue weighted by Crippen LogP contribution is 2.21. The summed E-state index contributed by atoms with van der Waals surface area (Å²) in [6.07, 6.45) is 5.57. The van der Waals surface area contributed by atoms with Crippen molar-refractivity contribution < 1.29 is 4.79 Å². The van der Waals surface area contributed by atoms with Crippen molar-refractivity contribution in [1.29, 1.82) is 0 Å². The lowest BCUT2D eigenvalue weighted by molar-refractivity contribution is -0.122. The van der Waals surface area contributed by atoms with Crippen LogP contribution in [0.25, 0.3) is 10.9 Å². The number of carbonyl (C=O) groups excluding carboxylic acids is 1. The molecule has 1 aromatic heterocycles. The smallest absolute Gasteiger partial charge is 0.236 e. The van der Waals surface area contributed by atoms with Gasteiger partial charge in [0.2, 0.25) is 5.91 Å². The molecular weight excluding hydrogens is 318 g/mol. The molecule has 22 heavy (non-hydrogen) atoms. The van der Waals surface area contributed by atoms with E-state index in [-0.39, 0.29) is 18.3 Å². The molecule has 4 nitrogen and oxygen atoms in total. The van der Waals surface area contributed by atoms with Crippen molar-refractivity contribution >= 4 is 41.0 Å². The number of amides is 1. The molecule has 0 saturated heterocycles. The van der Waals surface area contributed by atoms with Crippen molar-refractivity contribution in [3.8, 4) is 0 Å². The number of nitrogens with two attached hydrogens (primary N) is 1. The fourth-order valence-electron chi connectivity index (χ4n) is 2.40. The van der Waals surface area contributed by atoms with Gasteiger partial charge in [-0.3, -0.25) is 4.79 Å². The Labute approximate surface area is 142 Å². The number of hydrogen-bond donors (Lipinski definition) is 3. The van der Waals surface area contributed by atoms with Crippen LogP contribution in [-0.4, -0.2) is 35.5 Å². The highest BCUT2D eigenvalue weighted by molar-refractivity contribution is 7.98. The van der Waals surface area contributed by atoms with Crippen LogP contribution in [0.1, 0.15) is 17.5 Å². The van der Waals surface area contributed by atoms with Gasteiger partial charge in [-0.2, -0.15) is 11.8 Å². The first-order valence-corrected chi connectivity index (χ1v) is 8.60. The lowest BCUT2D eigenvalue weighted by atomic mass is 10.1. The summed E-state index contributed by atoms with van der Waals surface area (Å²) in [5, 5.41) is 4.15. The van der Waals surface area contributed by atoms with E-state index >= 15 is 0 Å². The zero-order valence-electron chi connectivity index (χ0n) is 13.0. The van der Waals surface area contributed by atoms with E-state index in [0.29, 0.717) is 6.54 Å². The van der Waals surface area contributed by atoms with Crippen molar-refractivity contribution in [3.05, 3.63) is 35.5 Å². The van der Waals surface area contributed by atoms with Gasteiger partial charge in [-0.25, -0.2) is 0 Å². The minimum absolute atomic E-state index is 0. The number of aromatic amines is 1. The molecule has 1 aromatic carbocycles. The molecule has 0 spiro atoms. The fourth-order valence-corrected chi connectivity index (χ4v) is 2.89. The minimum Gasteiger partial charge on any atom is -0.361 e. The van der Waals surface area contributed by atoms with E-state index in [2.05, 4.69) is 35.4 Å². The number of thioether (sulfide) groups is 1. The Bertz CT molecular complexity index is 614. The Morgan fingerprint density at radius 3 is 2.95 bits per heavy atom. The third-order valence-electron chi connectivity index (χ3n) is 3.67. The molecule has 0 saturated carbocycles.